The van der Waals surface area contributed by atoms with Crippen LogP contribution >= 0.6 is 23.5 Å². The molecule has 0 saturated heterocycles. The van der Waals surface area contributed by atoms with Gasteiger partial charge in [-0.15, -0.1) is 0 Å². The number of phenols is 1. The number of carboxylic acids is 1. The van der Waals surface area contributed by atoms with Crippen LogP contribution in [0.4, 0.5) is 0 Å². The number of benzene rings is 5. The zero-order valence-electron chi connectivity index (χ0n) is 67.9. The van der Waals surface area contributed by atoms with E-state index in [-0.39, 0.29) is 117 Å². The Morgan fingerprint density at radius 1 is 0.550 bits per heavy atom. The Labute approximate surface area is 704 Å². The van der Waals surface area contributed by atoms with Gasteiger partial charge in [0, 0.05) is 72.5 Å². The van der Waals surface area contributed by atoms with Gasteiger partial charge in [0.2, 0.25) is 65.0 Å². The molecule has 13 atom stereocenters. The van der Waals surface area contributed by atoms with Crippen molar-refractivity contribution in [2.75, 3.05) is 31.2 Å². The second-order valence-electron chi connectivity index (χ2n) is 30.4. The topological polar surface area (TPSA) is 584 Å². The summed E-state index contributed by atoms with van der Waals surface area (Å²) in [5.41, 5.74) is 22.7. The smallest absolute Gasteiger partial charge is 0.328 e. The first-order valence-corrected chi connectivity index (χ1v) is 41.9. The number of nitrogens with two attached hydrogens (primary N) is 3. The van der Waals surface area contributed by atoms with Gasteiger partial charge in [0.1, 0.15) is 72.2 Å². The van der Waals surface area contributed by atoms with Gasteiger partial charge in [0.05, 0.1) is 18.8 Å². The van der Waals surface area contributed by atoms with Crippen LogP contribution in [0, 0.1) is 22.7 Å². The fourth-order valence-corrected chi connectivity index (χ4v) is 15.0. The third kappa shape index (κ3) is 31.2. The summed E-state index contributed by atoms with van der Waals surface area (Å²) in [5.74, 6) is -12.6. The average molecular weight is 1700 g/mol. The lowest BCUT2D eigenvalue weighted by atomic mass is 10.0. The van der Waals surface area contributed by atoms with Gasteiger partial charge in [0.15, 0.2) is 11.9 Å². The lowest BCUT2D eigenvalue weighted by Gasteiger charge is -2.29. The van der Waals surface area contributed by atoms with Crippen molar-refractivity contribution in [1.29, 1.82) is 10.8 Å². The highest BCUT2D eigenvalue weighted by molar-refractivity contribution is 7.98. The van der Waals surface area contributed by atoms with Crippen LogP contribution in [0.1, 0.15) is 108 Å². The van der Waals surface area contributed by atoms with Gasteiger partial charge in [0.25, 0.3) is 0 Å². The Morgan fingerprint density at radius 2 is 1.07 bits per heavy atom. The van der Waals surface area contributed by atoms with E-state index in [1.165, 1.54) is 61.6 Å². The summed E-state index contributed by atoms with van der Waals surface area (Å²) in [7, 11) is 0. The van der Waals surface area contributed by atoms with E-state index in [4.69, 9.17) is 28.0 Å². The minimum Gasteiger partial charge on any atom is -0.508 e. The summed E-state index contributed by atoms with van der Waals surface area (Å²) in [4.78, 5) is 177. The maximum absolute atomic E-state index is 15.4. The number of nitrogens with one attached hydrogen (secondary N) is 16. The lowest BCUT2D eigenvalue weighted by molar-refractivity contribution is -0.143. The number of para-hydroxylation sites is 1. The number of aromatic nitrogens is 1. The number of carbonyl (C=O) groups excluding carboxylic acids is 11. The van der Waals surface area contributed by atoms with Crippen molar-refractivity contribution < 1.29 is 78.0 Å². The second-order valence-corrected chi connectivity index (χ2v) is 32.5. The van der Waals surface area contributed by atoms with Crippen molar-refractivity contribution in [3.05, 3.63) is 161 Å². The molecule has 0 spiro atoms. The monoisotopic (exact) mass is 1700 g/mol. The summed E-state index contributed by atoms with van der Waals surface area (Å²) < 4.78 is 0. The molecule has 6 aromatic rings. The van der Waals surface area contributed by atoms with Crippen LogP contribution < -0.4 is 86.3 Å². The summed E-state index contributed by atoms with van der Waals surface area (Å²) in [6.45, 7) is 8.90. The van der Waals surface area contributed by atoms with Crippen molar-refractivity contribution >= 4 is 117 Å². The fourth-order valence-electron chi connectivity index (χ4n) is 13.0. The fraction of sp³-hybridized carbons (Fsp3) is 0.446. The quantitative estimate of drug-likeness (QED) is 0.0173. The Kier molecular flexibility index (Phi) is 37.9. The van der Waals surface area contributed by atoms with Crippen LogP contribution in [0.2, 0.25) is 0 Å². The van der Waals surface area contributed by atoms with Gasteiger partial charge < -0.3 is 112 Å². The molecule has 648 valence electrons. The highest BCUT2D eigenvalue weighted by atomic mass is 32.2. The van der Waals surface area contributed by atoms with E-state index in [2.05, 4.69) is 74.1 Å². The standard InChI is InChI=1S/C83H113N19O16S2/c1-45(2)34-58(84)71(107)102-69(48(6)104)80(116)98-64(36-49-14-8-7-9-15-49)77(113)101-67-43-119-41-51-20-26-53(27-21-51)54-28-22-52(23-29-54)42-120-44-68(79(115)99-66(40-103)81(117)118)100-75(111)62(35-46(3)4)95-72(108)60(18-12-32-89-82(85)86)93-70(106)47(5)92-74(110)65(38-55-39-91-59-17-11-10-16-57(55)59)97-76(112)63(37-50-24-30-56(105)31-25-50)96-73(109)61(94-78(67)114)19-13-33-90-83(87)88/h7-11,14-17,20-31,39,45-48,58,60-69,91,103-105H,12-13,18-19,32-38,40-44,84H2,1-6H3,(H,92,110)(H,93,106)(H,94,114)(H,95,108)(H,96,109)(H,97,112)(H,98,116)(H,99,115)(H,100,111)(H,101,113)(H,102,107)(H,117,118)(H4,85,86,89)(H4,87,88,90)/t47-,48+,58-,60-,61-,62-,63-,64-,65-,66-,67+,68-,69-/m0/s1. The summed E-state index contributed by atoms with van der Waals surface area (Å²) in [5, 5.41) is 92.1. The van der Waals surface area contributed by atoms with Crippen LogP contribution in [0.25, 0.3) is 22.0 Å². The number of amides is 11. The molecular formula is C83H113N19O16S2. The van der Waals surface area contributed by atoms with E-state index in [9.17, 15) is 54.0 Å². The molecule has 3 aliphatic rings. The van der Waals surface area contributed by atoms with E-state index < -0.39 is 162 Å². The van der Waals surface area contributed by atoms with Crippen LogP contribution in [0.3, 0.4) is 0 Å². The molecule has 0 saturated carbocycles. The minimum atomic E-state index is -1.75. The molecule has 9 rings (SSSR count). The van der Waals surface area contributed by atoms with Crippen molar-refractivity contribution in [1.82, 2.24) is 74.1 Å². The average Bonchev–Trinajstić information content (AvgIpc) is 1.66. The van der Waals surface area contributed by atoms with Crippen molar-refractivity contribution in [2.45, 2.75) is 189 Å². The molecule has 0 radical (unpaired) electrons. The Bertz CT molecular complexity index is 4480. The second kappa shape index (κ2) is 47.7. The third-order valence-corrected chi connectivity index (χ3v) is 21.7. The van der Waals surface area contributed by atoms with Gasteiger partial charge in [-0.25, -0.2) is 4.79 Å². The number of hydrogen-bond acceptors (Lipinski definition) is 20. The van der Waals surface area contributed by atoms with Gasteiger partial charge in [-0.3, -0.25) is 63.6 Å². The van der Waals surface area contributed by atoms with E-state index in [0.717, 1.165) is 22.3 Å². The molecule has 0 fully saturated rings. The number of phenolic OH excluding ortho intramolecular Hbond substituents is 1. The lowest BCUT2D eigenvalue weighted by Crippen LogP contribution is -2.62. The van der Waals surface area contributed by atoms with Crippen molar-refractivity contribution in [2.24, 2.45) is 29.0 Å². The first-order valence-electron chi connectivity index (χ1n) is 39.6. The number of aromatic amines is 1. The molecule has 3 aliphatic heterocycles. The number of aliphatic hydroxyl groups is 2. The molecule has 0 aliphatic carbocycles. The van der Waals surface area contributed by atoms with E-state index in [1.54, 1.807) is 74.6 Å². The van der Waals surface area contributed by atoms with Crippen LogP contribution in [-0.2, 0) is 88.3 Å². The number of aliphatic carboxylic acids is 1. The largest absolute Gasteiger partial charge is 0.508 e. The number of aliphatic hydroxyl groups excluding tert-OH is 2. The third-order valence-electron chi connectivity index (χ3n) is 19.5. The SMILES string of the molecule is CC(C)C[C@@H]1NC(=O)[C@H](CCCNC(=N)N)NC(=O)[C@H](C)NC(=O)[C@H](Cc2c[nH]c3ccccc23)NC(=O)[C@H](Cc2ccc(O)cc2)NC(=O)[C@H](CCCNC(=N)N)NC(=O)[C@H](NC(=O)[C@H](Cc2ccccc2)NC(=O)[C@@H](NC(=O)[C@@H](N)CC(C)C)[C@@H](C)O)CSCc2ccc(cc2)-c2ccc(cc2)CSC[C@@H](C(=O)N[C@@H](CO)C(=O)O)NC1=O. The highest BCUT2D eigenvalue weighted by Crippen LogP contribution is 2.26. The molecule has 5 aromatic carbocycles. The first-order chi connectivity index (χ1) is 57.1. The molecule has 4 bridgehead atoms. The Morgan fingerprint density at radius 3 is 1.62 bits per heavy atom. The summed E-state index contributed by atoms with van der Waals surface area (Å²) >= 11 is 2.43. The minimum absolute atomic E-state index is 0.00571. The molecule has 4 heterocycles. The number of hydrogen-bond donors (Lipinski definition) is 23. The number of thioether (sulfide) groups is 2. The number of H-pyrrole nitrogens is 1. The normalized spacial score (nSPS) is 20.3. The predicted octanol–water partition coefficient (Wildman–Crippen LogP) is 0.505. The Hall–Kier alpha value is -11.8. The van der Waals surface area contributed by atoms with Gasteiger partial charge in [-0.1, -0.05) is 137 Å². The zero-order chi connectivity index (χ0) is 87.7. The number of aromatic hydroxyl groups is 1. The number of carbonyl (C=O) groups is 12. The van der Waals surface area contributed by atoms with Crippen molar-refractivity contribution in [3.63, 3.8) is 0 Å². The van der Waals surface area contributed by atoms with Crippen LogP contribution in [0.5, 0.6) is 5.75 Å². The number of rotatable bonds is 29. The number of carboxylic acid groups (broad SMARTS) is 1. The van der Waals surface area contributed by atoms with Crippen LogP contribution in [0.15, 0.2) is 134 Å². The van der Waals surface area contributed by atoms with E-state index >= 15 is 24.0 Å². The van der Waals surface area contributed by atoms with Gasteiger partial charge >= 0.3 is 5.97 Å². The van der Waals surface area contributed by atoms with E-state index in [1.807, 2.05) is 62.4 Å². The number of guanidine groups is 2. The van der Waals surface area contributed by atoms with Gasteiger partial charge in [-0.2, -0.15) is 23.5 Å². The number of fused-ring (bicyclic) bond motifs is 3. The molecule has 11 amide bonds. The first kappa shape index (κ1) is 95.3. The molecule has 0 unspecified atom stereocenters. The predicted molar refractivity (Wildman–Crippen MR) is 457 cm³/mol. The molecule has 1 aromatic heterocycles. The zero-order valence-corrected chi connectivity index (χ0v) is 69.5. The summed E-state index contributed by atoms with van der Waals surface area (Å²) in [6.07, 6.45) is -0.578. The van der Waals surface area contributed by atoms with E-state index in [0.29, 0.717) is 27.6 Å². The maximum atomic E-state index is 15.4. The molecule has 35 nitrogen and oxygen atoms in total. The molecular weight excluding hydrogens is 1580 g/mol. The summed E-state index contributed by atoms with van der Waals surface area (Å²) in [6, 6.07) is 18.3. The van der Waals surface area contributed by atoms with Crippen LogP contribution in [-0.4, -0.2) is 218 Å². The molecule has 26 N–H and O–H groups in total. The maximum Gasteiger partial charge on any atom is 0.328 e. The van der Waals surface area contributed by atoms with Gasteiger partial charge in [-0.05, 0) is 121 Å². The Balaban J connectivity index is 1.31. The molecule has 120 heavy (non-hydrogen) atoms. The molecule has 37 heteroatoms. The highest BCUT2D eigenvalue weighted by Gasteiger charge is 2.38. The van der Waals surface area contributed by atoms with Crippen molar-refractivity contribution in [3.8, 4) is 16.9 Å².